The van der Waals surface area contributed by atoms with E-state index in [2.05, 4.69) is 10.3 Å². The molecule has 7 heteroatoms. The SMILES string of the molecule is Cc1ccc(OCC(=O)Nc2nc3c(s2)CN(C(=O)CC(C)C)CC3)cc1. The zero-order valence-electron chi connectivity index (χ0n) is 15.9. The molecule has 1 aromatic heterocycles. The van der Waals surface area contributed by atoms with Crippen LogP contribution in [0, 0.1) is 12.8 Å². The number of aryl methyl sites for hydroxylation is 1. The Morgan fingerprint density at radius 2 is 2.04 bits per heavy atom. The van der Waals surface area contributed by atoms with E-state index < -0.39 is 0 Å². The Bertz CT molecular complexity index is 814. The Morgan fingerprint density at radius 3 is 2.74 bits per heavy atom. The van der Waals surface area contributed by atoms with Gasteiger partial charge in [0.15, 0.2) is 11.7 Å². The average Bonchev–Trinajstić information content (AvgIpc) is 3.01. The molecule has 1 aliphatic heterocycles. The van der Waals surface area contributed by atoms with Crippen LogP contribution in [0.15, 0.2) is 24.3 Å². The van der Waals surface area contributed by atoms with Crippen molar-refractivity contribution in [1.82, 2.24) is 9.88 Å². The molecule has 1 aromatic carbocycles. The molecule has 0 unspecified atom stereocenters. The number of thiazole rings is 1. The second kappa shape index (κ2) is 8.52. The fourth-order valence-corrected chi connectivity index (χ4v) is 3.92. The topological polar surface area (TPSA) is 71.5 Å². The quantitative estimate of drug-likeness (QED) is 0.825. The van der Waals surface area contributed by atoms with Crippen molar-refractivity contribution < 1.29 is 14.3 Å². The number of hydrogen-bond donors (Lipinski definition) is 1. The van der Waals surface area contributed by atoms with Crippen LogP contribution in [-0.4, -0.2) is 34.8 Å². The Labute approximate surface area is 163 Å². The first kappa shape index (κ1) is 19.4. The van der Waals surface area contributed by atoms with Crippen molar-refractivity contribution in [2.45, 2.75) is 40.2 Å². The minimum Gasteiger partial charge on any atom is -0.484 e. The molecule has 1 aliphatic rings. The van der Waals surface area contributed by atoms with Gasteiger partial charge in [0, 0.05) is 24.3 Å². The summed E-state index contributed by atoms with van der Waals surface area (Å²) >= 11 is 1.43. The first-order valence-electron chi connectivity index (χ1n) is 9.16. The highest BCUT2D eigenvalue weighted by molar-refractivity contribution is 7.15. The van der Waals surface area contributed by atoms with Crippen molar-refractivity contribution in [3.8, 4) is 5.75 Å². The molecule has 1 N–H and O–H groups in total. The zero-order valence-corrected chi connectivity index (χ0v) is 16.8. The second-order valence-electron chi connectivity index (χ2n) is 7.20. The lowest BCUT2D eigenvalue weighted by Gasteiger charge is -2.26. The number of amides is 2. The molecule has 0 atom stereocenters. The van der Waals surface area contributed by atoms with Crippen LogP contribution in [0.5, 0.6) is 5.75 Å². The molecule has 3 rings (SSSR count). The molecule has 2 heterocycles. The summed E-state index contributed by atoms with van der Waals surface area (Å²) in [5, 5.41) is 3.36. The summed E-state index contributed by atoms with van der Waals surface area (Å²) in [6, 6.07) is 7.56. The van der Waals surface area contributed by atoms with Crippen molar-refractivity contribution in [3.63, 3.8) is 0 Å². The smallest absolute Gasteiger partial charge is 0.264 e. The third kappa shape index (κ3) is 5.29. The molecular weight excluding hydrogens is 362 g/mol. The number of nitrogens with one attached hydrogen (secondary N) is 1. The molecule has 0 saturated heterocycles. The standard InChI is InChI=1S/C20H25N3O3S/c1-13(2)10-19(25)23-9-8-16-17(11-23)27-20(21-16)22-18(24)12-26-15-6-4-14(3)5-7-15/h4-7,13H,8-12H2,1-3H3,(H,21,22,24). The summed E-state index contributed by atoms with van der Waals surface area (Å²) in [6.07, 6.45) is 1.29. The summed E-state index contributed by atoms with van der Waals surface area (Å²) in [7, 11) is 0. The maximum Gasteiger partial charge on any atom is 0.264 e. The van der Waals surface area contributed by atoms with Crippen LogP contribution in [0.2, 0.25) is 0 Å². The lowest BCUT2D eigenvalue weighted by molar-refractivity contribution is -0.132. The average molecular weight is 388 g/mol. The maximum absolute atomic E-state index is 12.3. The van der Waals surface area contributed by atoms with Crippen molar-refractivity contribution in [1.29, 1.82) is 0 Å². The molecular formula is C20H25N3O3S. The van der Waals surface area contributed by atoms with Gasteiger partial charge in [0.2, 0.25) is 5.91 Å². The first-order chi connectivity index (χ1) is 12.9. The van der Waals surface area contributed by atoms with Gasteiger partial charge < -0.3 is 9.64 Å². The lowest BCUT2D eigenvalue weighted by atomic mass is 10.1. The van der Waals surface area contributed by atoms with E-state index in [4.69, 9.17) is 4.74 Å². The Balaban J connectivity index is 1.53. The van der Waals surface area contributed by atoms with Crippen LogP contribution in [0.3, 0.4) is 0 Å². The number of nitrogens with zero attached hydrogens (tertiary/aromatic N) is 2. The van der Waals surface area contributed by atoms with Gasteiger partial charge in [-0.1, -0.05) is 42.9 Å². The molecule has 0 saturated carbocycles. The van der Waals surface area contributed by atoms with Gasteiger partial charge in [0.1, 0.15) is 5.75 Å². The van der Waals surface area contributed by atoms with E-state index in [1.165, 1.54) is 11.3 Å². The fourth-order valence-electron chi connectivity index (χ4n) is 2.88. The molecule has 27 heavy (non-hydrogen) atoms. The van der Waals surface area contributed by atoms with E-state index >= 15 is 0 Å². The number of aromatic nitrogens is 1. The van der Waals surface area contributed by atoms with Crippen molar-refractivity contribution in [3.05, 3.63) is 40.4 Å². The molecule has 0 radical (unpaired) electrons. The van der Waals surface area contributed by atoms with Gasteiger partial charge in [-0.05, 0) is 25.0 Å². The summed E-state index contributed by atoms with van der Waals surface area (Å²) < 4.78 is 5.49. The monoisotopic (exact) mass is 387 g/mol. The van der Waals surface area contributed by atoms with Crippen LogP contribution in [0.4, 0.5) is 5.13 Å². The Kier molecular flexibility index (Phi) is 6.11. The Hall–Kier alpha value is -2.41. The third-order valence-corrected chi connectivity index (χ3v) is 5.30. The van der Waals surface area contributed by atoms with Gasteiger partial charge in [-0.25, -0.2) is 4.98 Å². The largest absolute Gasteiger partial charge is 0.484 e. The summed E-state index contributed by atoms with van der Waals surface area (Å²) in [5.74, 6) is 0.952. The number of anilines is 1. The van der Waals surface area contributed by atoms with Crippen LogP contribution in [0.25, 0.3) is 0 Å². The van der Waals surface area contributed by atoms with Gasteiger partial charge in [0.25, 0.3) is 5.91 Å². The predicted octanol–water partition coefficient (Wildman–Crippen LogP) is 3.40. The number of ether oxygens (including phenoxy) is 1. The van der Waals surface area contributed by atoms with Crippen LogP contribution in [-0.2, 0) is 22.6 Å². The Morgan fingerprint density at radius 1 is 1.30 bits per heavy atom. The van der Waals surface area contributed by atoms with E-state index in [-0.39, 0.29) is 18.4 Å². The second-order valence-corrected chi connectivity index (χ2v) is 8.29. The van der Waals surface area contributed by atoms with Crippen molar-refractivity contribution in [2.24, 2.45) is 5.92 Å². The van der Waals surface area contributed by atoms with Gasteiger partial charge in [0.05, 0.1) is 12.2 Å². The summed E-state index contributed by atoms with van der Waals surface area (Å²) in [6.45, 7) is 7.30. The van der Waals surface area contributed by atoms with Crippen LogP contribution in [0.1, 0.15) is 36.4 Å². The molecule has 2 amide bonds. The van der Waals surface area contributed by atoms with E-state index in [1.54, 1.807) is 0 Å². The normalized spacial score (nSPS) is 13.4. The van der Waals surface area contributed by atoms with E-state index in [1.807, 2.05) is 49.9 Å². The molecule has 0 fully saturated rings. The van der Waals surface area contributed by atoms with E-state index in [0.29, 0.717) is 36.3 Å². The maximum atomic E-state index is 12.3. The number of rotatable bonds is 6. The number of hydrogen-bond acceptors (Lipinski definition) is 5. The minimum absolute atomic E-state index is 0.0632. The van der Waals surface area contributed by atoms with E-state index in [0.717, 1.165) is 22.6 Å². The zero-order chi connectivity index (χ0) is 19.4. The molecule has 0 aliphatic carbocycles. The summed E-state index contributed by atoms with van der Waals surface area (Å²) in [5.41, 5.74) is 2.12. The third-order valence-electron chi connectivity index (χ3n) is 4.30. The lowest BCUT2D eigenvalue weighted by Crippen LogP contribution is -2.36. The number of benzene rings is 1. The van der Waals surface area contributed by atoms with Crippen molar-refractivity contribution in [2.75, 3.05) is 18.5 Å². The number of fused-ring (bicyclic) bond motifs is 1. The van der Waals surface area contributed by atoms with Crippen LogP contribution >= 0.6 is 11.3 Å². The van der Waals surface area contributed by atoms with Crippen molar-refractivity contribution >= 4 is 28.3 Å². The highest BCUT2D eigenvalue weighted by Crippen LogP contribution is 2.29. The molecule has 0 bridgehead atoms. The van der Waals surface area contributed by atoms with Gasteiger partial charge >= 0.3 is 0 Å². The minimum atomic E-state index is -0.241. The fraction of sp³-hybridized carbons (Fsp3) is 0.450. The number of carbonyl (C=O) groups excluding carboxylic acids is 2. The molecule has 0 spiro atoms. The van der Waals surface area contributed by atoms with Gasteiger partial charge in [-0.15, -0.1) is 0 Å². The summed E-state index contributed by atoms with van der Waals surface area (Å²) in [4.78, 5) is 31.8. The molecule has 6 nitrogen and oxygen atoms in total. The van der Waals surface area contributed by atoms with Gasteiger partial charge in [-0.3, -0.25) is 14.9 Å². The van der Waals surface area contributed by atoms with Gasteiger partial charge in [-0.2, -0.15) is 0 Å². The van der Waals surface area contributed by atoms with Crippen LogP contribution < -0.4 is 10.1 Å². The highest BCUT2D eigenvalue weighted by atomic mass is 32.1. The molecule has 2 aromatic rings. The predicted molar refractivity (Wildman–Crippen MR) is 106 cm³/mol. The van der Waals surface area contributed by atoms with E-state index in [9.17, 15) is 9.59 Å². The highest BCUT2D eigenvalue weighted by Gasteiger charge is 2.24. The molecule has 144 valence electrons. The number of carbonyl (C=O) groups is 2. The first-order valence-corrected chi connectivity index (χ1v) is 9.98.